The lowest BCUT2D eigenvalue weighted by atomic mass is 9.95. The van der Waals surface area contributed by atoms with Gasteiger partial charge < -0.3 is 4.43 Å². The van der Waals surface area contributed by atoms with Gasteiger partial charge in [0.1, 0.15) is 0 Å². The van der Waals surface area contributed by atoms with Crippen molar-refractivity contribution >= 4 is 15.8 Å². The van der Waals surface area contributed by atoms with Gasteiger partial charge in [0.05, 0.1) is 6.54 Å². The molecule has 0 unspecified atom stereocenters. The molecule has 0 amide bonds. The van der Waals surface area contributed by atoms with Crippen LogP contribution in [-0.2, 0) is 9.22 Å². The molecular weight excluding hydrogens is 218 g/mol. The zero-order valence-corrected chi connectivity index (χ0v) is 12.3. The Bertz CT molecular complexity index is 211. The smallest absolute Gasteiger partial charge is 0.234 e. The van der Waals surface area contributed by atoms with Crippen molar-refractivity contribution in [3.05, 3.63) is 0 Å². The van der Waals surface area contributed by atoms with E-state index in [4.69, 9.17) is 4.43 Å². The highest BCUT2D eigenvalue weighted by molar-refractivity contribution is 6.32. The minimum Gasteiger partial charge on any atom is -0.424 e. The van der Waals surface area contributed by atoms with Crippen LogP contribution in [0.3, 0.4) is 0 Å². The van der Waals surface area contributed by atoms with Crippen LogP contribution in [0.25, 0.3) is 0 Å². The fourth-order valence-electron chi connectivity index (χ4n) is 1.93. The Morgan fingerprint density at radius 1 is 1.25 bits per heavy atom. The fourth-order valence-corrected chi connectivity index (χ4v) is 3.37. The van der Waals surface area contributed by atoms with Gasteiger partial charge in [0.15, 0.2) is 9.76 Å². The zero-order valence-electron chi connectivity index (χ0n) is 10.9. The fraction of sp³-hybridized carbons (Fsp3) is 0.917. The number of nitrogens with zero attached hydrogens (tertiary/aromatic N) is 1. The maximum Gasteiger partial charge on any atom is 0.234 e. The Morgan fingerprint density at radius 3 is 2.44 bits per heavy atom. The Morgan fingerprint density at radius 2 is 1.94 bits per heavy atom. The number of hydrogen-bond donors (Lipinski definition) is 0. The van der Waals surface area contributed by atoms with Gasteiger partial charge in [-0.3, -0.25) is 0 Å². The van der Waals surface area contributed by atoms with Gasteiger partial charge in [0, 0.05) is 6.61 Å². The van der Waals surface area contributed by atoms with Crippen molar-refractivity contribution in [2.75, 3.05) is 13.2 Å². The molecule has 0 spiro atoms. The first kappa shape index (κ1) is 15.6. The van der Waals surface area contributed by atoms with Crippen molar-refractivity contribution in [2.24, 2.45) is 4.99 Å². The summed E-state index contributed by atoms with van der Waals surface area (Å²) in [6.07, 6.45) is 7.38. The van der Waals surface area contributed by atoms with Crippen molar-refractivity contribution in [3.8, 4) is 0 Å². The van der Waals surface area contributed by atoms with E-state index in [9.17, 15) is 4.79 Å². The first-order chi connectivity index (χ1) is 7.74. The summed E-state index contributed by atoms with van der Waals surface area (Å²) >= 11 is 0. The Balaban J connectivity index is 3.95. The molecule has 0 heterocycles. The third kappa shape index (κ3) is 6.21. The second kappa shape index (κ2) is 9.76. The van der Waals surface area contributed by atoms with E-state index in [2.05, 4.69) is 25.8 Å². The molecule has 0 aliphatic rings. The normalized spacial score (nSPS) is 11.9. The molecular formula is C12H25NO2Si. The first-order valence-corrected chi connectivity index (χ1v) is 7.64. The summed E-state index contributed by atoms with van der Waals surface area (Å²) in [6, 6.07) is 0. The monoisotopic (exact) mass is 243 g/mol. The van der Waals surface area contributed by atoms with E-state index in [1.54, 1.807) is 6.08 Å². The van der Waals surface area contributed by atoms with Gasteiger partial charge in [-0.2, -0.15) is 0 Å². The van der Waals surface area contributed by atoms with Crippen LogP contribution >= 0.6 is 0 Å². The van der Waals surface area contributed by atoms with Gasteiger partial charge in [-0.05, 0) is 24.8 Å². The molecule has 94 valence electrons. The number of unbranched alkanes of at least 4 members (excludes halogenated alkanes) is 1. The molecule has 0 N–H and O–H groups in total. The SMILES string of the molecule is CCO[SiH2]C(CC)(CC)CCCCN=C=O. The van der Waals surface area contributed by atoms with E-state index < -0.39 is 9.76 Å². The van der Waals surface area contributed by atoms with Crippen LogP contribution in [0.15, 0.2) is 4.99 Å². The Kier molecular flexibility index (Phi) is 9.49. The van der Waals surface area contributed by atoms with Gasteiger partial charge in [-0.1, -0.05) is 33.1 Å². The van der Waals surface area contributed by atoms with Crippen molar-refractivity contribution in [1.29, 1.82) is 0 Å². The van der Waals surface area contributed by atoms with Crippen LogP contribution in [-0.4, -0.2) is 29.0 Å². The van der Waals surface area contributed by atoms with Gasteiger partial charge in [-0.15, -0.1) is 0 Å². The van der Waals surface area contributed by atoms with Crippen LogP contribution in [0.1, 0.15) is 52.9 Å². The summed E-state index contributed by atoms with van der Waals surface area (Å²) in [4.78, 5) is 13.5. The number of aliphatic imine (C=N–C) groups is 1. The van der Waals surface area contributed by atoms with Crippen molar-refractivity contribution in [2.45, 2.75) is 57.9 Å². The van der Waals surface area contributed by atoms with Crippen molar-refractivity contribution in [3.63, 3.8) is 0 Å². The van der Waals surface area contributed by atoms with Crippen LogP contribution in [0.4, 0.5) is 0 Å². The third-order valence-corrected chi connectivity index (χ3v) is 5.98. The number of carbonyl (C=O) groups excluding carboxylic acids is 1. The predicted octanol–water partition coefficient (Wildman–Crippen LogP) is 2.59. The lowest BCUT2D eigenvalue weighted by molar-refractivity contribution is 0.314. The second-order valence-electron chi connectivity index (χ2n) is 4.27. The highest BCUT2D eigenvalue weighted by Crippen LogP contribution is 2.39. The number of rotatable bonds is 10. The lowest BCUT2D eigenvalue weighted by Gasteiger charge is -2.30. The summed E-state index contributed by atoms with van der Waals surface area (Å²) in [5.74, 6) is 0. The first-order valence-electron chi connectivity index (χ1n) is 6.36. The molecule has 0 aromatic heterocycles. The van der Waals surface area contributed by atoms with E-state index in [-0.39, 0.29) is 0 Å². The molecule has 0 aromatic rings. The molecule has 0 atom stereocenters. The summed E-state index contributed by atoms with van der Waals surface area (Å²) in [5.41, 5.74) is 0. The molecule has 0 aliphatic heterocycles. The molecule has 0 aromatic carbocycles. The predicted molar refractivity (Wildman–Crippen MR) is 70.3 cm³/mol. The van der Waals surface area contributed by atoms with Crippen molar-refractivity contribution in [1.82, 2.24) is 0 Å². The zero-order chi connectivity index (χ0) is 12.3. The van der Waals surface area contributed by atoms with Crippen LogP contribution in [0.5, 0.6) is 0 Å². The number of hydrogen-bond acceptors (Lipinski definition) is 3. The third-order valence-electron chi connectivity index (χ3n) is 3.40. The van der Waals surface area contributed by atoms with Gasteiger partial charge in [0.2, 0.25) is 6.08 Å². The molecule has 0 fully saturated rings. The van der Waals surface area contributed by atoms with Gasteiger partial charge in [0.25, 0.3) is 0 Å². The molecule has 4 heteroatoms. The topological polar surface area (TPSA) is 38.7 Å². The summed E-state index contributed by atoms with van der Waals surface area (Å²) < 4.78 is 5.71. The number of isocyanates is 1. The van der Waals surface area contributed by atoms with E-state index in [0.717, 1.165) is 19.4 Å². The highest BCUT2D eigenvalue weighted by Gasteiger charge is 2.26. The molecule has 0 radical (unpaired) electrons. The Labute approximate surface area is 102 Å². The molecule has 0 saturated carbocycles. The second-order valence-corrected chi connectivity index (χ2v) is 6.47. The van der Waals surface area contributed by atoms with Crippen LogP contribution in [0, 0.1) is 0 Å². The molecule has 0 saturated heterocycles. The lowest BCUT2D eigenvalue weighted by Crippen LogP contribution is -2.22. The molecule has 0 rings (SSSR count). The molecule has 16 heavy (non-hydrogen) atoms. The average molecular weight is 243 g/mol. The maximum absolute atomic E-state index is 9.91. The molecule has 0 bridgehead atoms. The van der Waals surface area contributed by atoms with E-state index in [1.165, 1.54) is 19.3 Å². The molecule has 0 aliphatic carbocycles. The Hall–Kier alpha value is -0.443. The van der Waals surface area contributed by atoms with Gasteiger partial charge in [-0.25, -0.2) is 9.79 Å². The van der Waals surface area contributed by atoms with E-state index in [1.807, 2.05) is 0 Å². The van der Waals surface area contributed by atoms with E-state index >= 15 is 0 Å². The highest BCUT2D eigenvalue weighted by atomic mass is 28.2. The van der Waals surface area contributed by atoms with E-state index in [0.29, 0.717) is 11.6 Å². The minimum absolute atomic E-state index is 0.429. The summed E-state index contributed by atoms with van der Waals surface area (Å²) in [5, 5.41) is 0.459. The minimum atomic E-state index is -0.429. The summed E-state index contributed by atoms with van der Waals surface area (Å²) in [6.45, 7) is 8.08. The maximum atomic E-state index is 9.91. The van der Waals surface area contributed by atoms with Crippen LogP contribution in [0.2, 0.25) is 5.04 Å². The standard InChI is InChI=1S/C12H25NO2Si/c1-4-12(5-2,16-15-6-3)9-7-8-10-13-11-14/h4-10,16H2,1-3H3. The van der Waals surface area contributed by atoms with Gasteiger partial charge >= 0.3 is 0 Å². The average Bonchev–Trinajstić information content (AvgIpc) is 2.33. The summed E-state index contributed by atoms with van der Waals surface area (Å²) in [7, 11) is -0.429. The molecule has 3 nitrogen and oxygen atoms in total. The van der Waals surface area contributed by atoms with Crippen molar-refractivity contribution < 1.29 is 9.22 Å². The van der Waals surface area contributed by atoms with Crippen LogP contribution < -0.4 is 0 Å². The largest absolute Gasteiger partial charge is 0.424 e. The quantitative estimate of drug-likeness (QED) is 0.256.